The second-order valence-electron chi connectivity index (χ2n) is 5.89. The third-order valence-corrected chi connectivity index (χ3v) is 2.78. The monoisotopic (exact) mass is 422 g/mol. The molecule has 0 saturated carbocycles. The van der Waals surface area contributed by atoms with Gasteiger partial charge in [0, 0.05) is 30.7 Å². The van der Waals surface area contributed by atoms with E-state index in [9.17, 15) is 4.39 Å². The summed E-state index contributed by atoms with van der Waals surface area (Å²) in [6, 6.07) is 6.72. The van der Waals surface area contributed by atoms with E-state index in [4.69, 9.17) is 0 Å². The number of guanidine groups is 1. The van der Waals surface area contributed by atoms with E-state index in [1.165, 1.54) is 6.07 Å². The number of aliphatic imine (C=N–C) groups is 1. The molecule has 1 aromatic carbocycles. The highest BCUT2D eigenvalue weighted by atomic mass is 127. The summed E-state index contributed by atoms with van der Waals surface area (Å²) in [5, 5.41) is 9.79. The summed E-state index contributed by atoms with van der Waals surface area (Å²) in [5.41, 5.74) is 0.701. The van der Waals surface area contributed by atoms with Gasteiger partial charge in [-0.1, -0.05) is 18.2 Å². The lowest BCUT2D eigenvalue weighted by Gasteiger charge is -2.21. The zero-order valence-corrected chi connectivity index (χ0v) is 16.2. The Labute approximate surface area is 150 Å². The lowest BCUT2D eigenvalue weighted by Crippen LogP contribution is -2.44. The van der Waals surface area contributed by atoms with Crippen LogP contribution < -0.4 is 16.0 Å². The second-order valence-corrected chi connectivity index (χ2v) is 5.89. The Morgan fingerprint density at radius 2 is 1.82 bits per heavy atom. The predicted molar refractivity (Wildman–Crippen MR) is 102 cm³/mol. The largest absolute Gasteiger partial charge is 0.357 e. The van der Waals surface area contributed by atoms with Crippen molar-refractivity contribution >= 4 is 29.9 Å². The minimum absolute atomic E-state index is 0. The van der Waals surface area contributed by atoms with Crippen molar-refractivity contribution in [3.8, 4) is 0 Å². The number of hydrogen-bond donors (Lipinski definition) is 3. The molecule has 0 radical (unpaired) electrons. The van der Waals surface area contributed by atoms with Crippen LogP contribution in [0.25, 0.3) is 0 Å². The van der Waals surface area contributed by atoms with Gasteiger partial charge in [0.1, 0.15) is 5.82 Å². The quantitative estimate of drug-likeness (QED) is 0.286. The van der Waals surface area contributed by atoms with Gasteiger partial charge in [-0.3, -0.25) is 0 Å². The molecule has 4 nitrogen and oxygen atoms in total. The number of benzene rings is 1. The molecule has 0 amide bonds. The highest BCUT2D eigenvalue weighted by Gasteiger charge is 2.07. The van der Waals surface area contributed by atoms with E-state index in [1.54, 1.807) is 12.1 Å². The van der Waals surface area contributed by atoms with Crippen molar-refractivity contribution in [2.75, 3.05) is 19.6 Å². The summed E-state index contributed by atoms with van der Waals surface area (Å²) in [7, 11) is 0. The third-order valence-electron chi connectivity index (χ3n) is 2.78. The Morgan fingerprint density at radius 3 is 2.41 bits per heavy atom. The van der Waals surface area contributed by atoms with Crippen LogP contribution in [0.15, 0.2) is 29.3 Å². The molecular weight excluding hydrogens is 394 g/mol. The van der Waals surface area contributed by atoms with Gasteiger partial charge in [-0.05, 0) is 33.8 Å². The van der Waals surface area contributed by atoms with Gasteiger partial charge in [0.2, 0.25) is 0 Å². The van der Waals surface area contributed by atoms with E-state index in [0.29, 0.717) is 18.1 Å². The van der Waals surface area contributed by atoms with Crippen LogP contribution in [-0.2, 0) is 6.54 Å². The zero-order chi connectivity index (χ0) is 15.7. The lowest BCUT2D eigenvalue weighted by atomic mass is 10.1. The standard InChI is InChI=1S/C16H27FN4.HI/c1-5-18-15(19-10-11-21-16(2,3)4)20-12-13-8-6-7-9-14(13)17;/h6-9,21H,5,10-12H2,1-4H3,(H2,18,19,20);1H. The van der Waals surface area contributed by atoms with E-state index >= 15 is 0 Å². The maximum Gasteiger partial charge on any atom is 0.191 e. The van der Waals surface area contributed by atoms with Gasteiger partial charge >= 0.3 is 0 Å². The van der Waals surface area contributed by atoms with Crippen LogP contribution in [0, 0.1) is 5.82 Å². The molecule has 0 aromatic heterocycles. The van der Waals surface area contributed by atoms with Crippen molar-refractivity contribution < 1.29 is 4.39 Å². The molecule has 0 heterocycles. The molecule has 0 spiro atoms. The van der Waals surface area contributed by atoms with Crippen molar-refractivity contribution in [3.05, 3.63) is 35.6 Å². The van der Waals surface area contributed by atoms with Crippen LogP contribution in [0.1, 0.15) is 33.3 Å². The second kappa shape index (κ2) is 10.8. The number of rotatable bonds is 6. The summed E-state index contributed by atoms with van der Waals surface area (Å²) in [4.78, 5) is 4.41. The van der Waals surface area contributed by atoms with Gasteiger partial charge in [0.15, 0.2) is 5.96 Å². The molecule has 0 bridgehead atoms. The molecule has 126 valence electrons. The van der Waals surface area contributed by atoms with Gasteiger partial charge in [0.05, 0.1) is 6.54 Å². The Morgan fingerprint density at radius 1 is 1.14 bits per heavy atom. The molecule has 0 aliphatic carbocycles. The first-order valence-corrected chi connectivity index (χ1v) is 7.43. The average molecular weight is 422 g/mol. The van der Waals surface area contributed by atoms with E-state index in [-0.39, 0.29) is 35.3 Å². The fraction of sp³-hybridized carbons (Fsp3) is 0.562. The molecule has 0 fully saturated rings. The van der Waals surface area contributed by atoms with Gasteiger partial charge in [0.25, 0.3) is 0 Å². The molecule has 1 aromatic rings. The van der Waals surface area contributed by atoms with Gasteiger partial charge in [-0.15, -0.1) is 24.0 Å². The maximum absolute atomic E-state index is 13.5. The van der Waals surface area contributed by atoms with Crippen molar-refractivity contribution in [2.24, 2.45) is 4.99 Å². The molecule has 0 saturated heterocycles. The molecule has 0 aliphatic heterocycles. The first-order valence-electron chi connectivity index (χ1n) is 7.43. The van der Waals surface area contributed by atoms with E-state index in [1.807, 2.05) is 13.0 Å². The average Bonchev–Trinajstić information content (AvgIpc) is 2.41. The highest BCUT2D eigenvalue weighted by Crippen LogP contribution is 2.07. The Kier molecular flexibility index (Phi) is 10.3. The lowest BCUT2D eigenvalue weighted by molar-refractivity contribution is 0.428. The van der Waals surface area contributed by atoms with Crippen molar-refractivity contribution in [2.45, 2.75) is 39.8 Å². The Hall–Kier alpha value is -0.890. The summed E-state index contributed by atoms with van der Waals surface area (Å²) in [5.74, 6) is 0.489. The maximum atomic E-state index is 13.5. The van der Waals surface area contributed by atoms with Crippen LogP contribution in [0.3, 0.4) is 0 Å². The van der Waals surface area contributed by atoms with E-state index in [2.05, 4.69) is 41.7 Å². The molecule has 1 rings (SSSR count). The summed E-state index contributed by atoms with van der Waals surface area (Å²) < 4.78 is 13.5. The summed E-state index contributed by atoms with van der Waals surface area (Å²) >= 11 is 0. The minimum Gasteiger partial charge on any atom is -0.357 e. The smallest absolute Gasteiger partial charge is 0.191 e. The van der Waals surface area contributed by atoms with Crippen LogP contribution in [0.5, 0.6) is 0 Å². The topological polar surface area (TPSA) is 48.5 Å². The van der Waals surface area contributed by atoms with Crippen LogP contribution in [0.4, 0.5) is 4.39 Å². The first-order chi connectivity index (χ1) is 9.92. The fourth-order valence-electron chi connectivity index (χ4n) is 1.75. The molecule has 22 heavy (non-hydrogen) atoms. The molecular formula is C16H28FIN4. The van der Waals surface area contributed by atoms with E-state index < -0.39 is 0 Å². The van der Waals surface area contributed by atoms with Crippen LogP contribution in [0.2, 0.25) is 0 Å². The number of hydrogen-bond acceptors (Lipinski definition) is 2. The van der Waals surface area contributed by atoms with Crippen molar-refractivity contribution in [1.29, 1.82) is 0 Å². The molecule has 0 atom stereocenters. The fourth-order valence-corrected chi connectivity index (χ4v) is 1.75. The normalized spacial score (nSPS) is 11.8. The molecule has 3 N–H and O–H groups in total. The van der Waals surface area contributed by atoms with Gasteiger partial charge in [-0.2, -0.15) is 0 Å². The minimum atomic E-state index is -0.216. The highest BCUT2D eigenvalue weighted by molar-refractivity contribution is 14.0. The molecule has 6 heteroatoms. The van der Waals surface area contributed by atoms with Crippen molar-refractivity contribution in [3.63, 3.8) is 0 Å². The van der Waals surface area contributed by atoms with Crippen LogP contribution >= 0.6 is 24.0 Å². The summed E-state index contributed by atoms with van der Waals surface area (Å²) in [6.07, 6.45) is 0. The molecule has 0 unspecified atom stereocenters. The van der Waals surface area contributed by atoms with Gasteiger partial charge in [-0.25, -0.2) is 9.38 Å². The number of nitrogens with zero attached hydrogens (tertiary/aromatic N) is 1. The van der Waals surface area contributed by atoms with Crippen LogP contribution in [-0.4, -0.2) is 31.1 Å². The van der Waals surface area contributed by atoms with E-state index in [0.717, 1.165) is 19.6 Å². The predicted octanol–water partition coefficient (Wildman–Crippen LogP) is 2.89. The molecule has 0 aliphatic rings. The Balaban J connectivity index is 0.00000441. The number of halogens is 2. The SMILES string of the molecule is CCNC(=NCc1ccccc1F)NCCNC(C)(C)C.I. The zero-order valence-electron chi connectivity index (χ0n) is 13.9. The Bertz CT molecular complexity index is 458. The first kappa shape index (κ1) is 21.1. The summed E-state index contributed by atoms with van der Waals surface area (Å²) in [6.45, 7) is 11.1. The van der Waals surface area contributed by atoms with Gasteiger partial charge < -0.3 is 16.0 Å². The number of nitrogens with one attached hydrogen (secondary N) is 3. The third kappa shape index (κ3) is 9.19. The van der Waals surface area contributed by atoms with Crippen molar-refractivity contribution in [1.82, 2.24) is 16.0 Å².